The summed E-state index contributed by atoms with van der Waals surface area (Å²) in [4.78, 5) is 4.92. The Morgan fingerprint density at radius 2 is 1.86 bits per heavy atom. The van der Waals surface area contributed by atoms with Crippen molar-refractivity contribution in [2.45, 2.75) is 13.0 Å². The second-order valence-corrected chi connectivity index (χ2v) is 7.09. The van der Waals surface area contributed by atoms with Crippen LogP contribution in [0.15, 0.2) is 42.6 Å². The van der Waals surface area contributed by atoms with Crippen LogP contribution in [0.2, 0.25) is 0 Å². The van der Waals surface area contributed by atoms with Crippen molar-refractivity contribution in [3.63, 3.8) is 0 Å². The molecule has 0 unspecified atom stereocenters. The van der Waals surface area contributed by atoms with Crippen LogP contribution in [-0.4, -0.2) is 58.5 Å². The van der Waals surface area contributed by atoms with E-state index >= 15 is 0 Å². The Bertz CT molecular complexity index is 748. The van der Waals surface area contributed by atoms with E-state index in [0.717, 1.165) is 63.9 Å². The number of methoxy groups -OCH3 is 2. The molecule has 0 bridgehead atoms. The molecular weight excluding hydrogens is 354 g/mol. The molecule has 0 N–H and O–H groups in total. The van der Waals surface area contributed by atoms with Gasteiger partial charge in [0.1, 0.15) is 6.54 Å². The fourth-order valence-corrected chi connectivity index (χ4v) is 3.63. The predicted octanol–water partition coefficient (Wildman–Crippen LogP) is 2.26. The molecule has 0 spiro atoms. The van der Waals surface area contributed by atoms with E-state index in [1.54, 1.807) is 14.2 Å². The van der Waals surface area contributed by atoms with Gasteiger partial charge in [0.25, 0.3) is 5.82 Å². The van der Waals surface area contributed by atoms with Gasteiger partial charge in [-0.25, -0.2) is 4.57 Å². The summed E-state index contributed by atoms with van der Waals surface area (Å²) in [5.74, 6) is 2.74. The van der Waals surface area contributed by atoms with Gasteiger partial charge < -0.3 is 14.2 Å². The number of anilines is 1. The summed E-state index contributed by atoms with van der Waals surface area (Å²) in [5.41, 5.74) is 1.20. The van der Waals surface area contributed by atoms with E-state index in [9.17, 15) is 0 Å². The highest BCUT2D eigenvalue weighted by Gasteiger charge is 2.20. The third kappa shape index (κ3) is 5.36. The van der Waals surface area contributed by atoms with Crippen molar-refractivity contribution >= 4 is 5.82 Å². The number of pyridine rings is 1. The third-order valence-corrected chi connectivity index (χ3v) is 5.18. The largest absolute Gasteiger partial charge is 0.493 e. The number of aryl methyl sites for hydroxylation is 1. The van der Waals surface area contributed by atoms with Crippen molar-refractivity contribution in [1.29, 1.82) is 0 Å². The van der Waals surface area contributed by atoms with E-state index in [0.29, 0.717) is 0 Å². The molecule has 1 aromatic carbocycles. The minimum Gasteiger partial charge on any atom is -0.493 e. The van der Waals surface area contributed by atoms with Crippen LogP contribution in [-0.2, 0) is 18.3 Å². The topological polar surface area (TPSA) is 38.0 Å². The van der Waals surface area contributed by atoms with Crippen LogP contribution in [0.3, 0.4) is 0 Å². The standard InChI is InChI=1S/C22H32N3O3/c1-23-10-5-4-7-22(23)25(12-6-11-24-13-15-28-16-14-24)18-19-8-9-20(26-2)21(17-19)27-3/h4-5,7-10,17H,6,11-16,18H2,1-3H3/q+1. The van der Waals surface area contributed by atoms with Crippen molar-refractivity contribution < 1.29 is 18.8 Å². The molecular formula is C22H32N3O3+. The Hall–Kier alpha value is -2.31. The zero-order valence-electron chi connectivity index (χ0n) is 17.3. The maximum Gasteiger partial charge on any atom is 0.276 e. The zero-order valence-corrected chi connectivity index (χ0v) is 17.3. The average molecular weight is 387 g/mol. The Morgan fingerprint density at radius 3 is 2.57 bits per heavy atom. The summed E-state index contributed by atoms with van der Waals surface area (Å²) in [7, 11) is 5.44. The van der Waals surface area contributed by atoms with Crippen LogP contribution in [0.4, 0.5) is 5.82 Å². The van der Waals surface area contributed by atoms with Gasteiger partial charge in [-0.15, -0.1) is 0 Å². The quantitative estimate of drug-likeness (QED) is 0.618. The van der Waals surface area contributed by atoms with Gasteiger partial charge in [-0.3, -0.25) is 9.80 Å². The Balaban J connectivity index is 1.71. The number of benzene rings is 1. The minimum absolute atomic E-state index is 0.760. The molecule has 1 aliphatic rings. The van der Waals surface area contributed by atoms with Crippen molar-refractivity contribution in [2.24, 2.45) is 7.05 Å². The number of rotatable bonds is 9. The van der Waals surface area contributed by atoms with E-state index < -0.39 is 0 Å². The molecule has 1 fully saturated rings. The SMILES string of the molecule is COc1ccc(CN(CCCN2CCOCC2)c2cccc[n+]2C)cc1OC. The molecule has 6 heteroatoms. The van der Waals surface area contributed by atoms with Crippen LogP contribution in [0, 0.1) is 0 Å². The minimum atomic E-state index is 0.760. The van der Waals surface area contributed by atoms with Crippen LogP contribution >= 0.6 is 0 Å². The summed E-state index contributed by atoms with van der Waals surface area (Å²) in [6.07, 6.45) is 3.21. The van der Waals surface area contributed by atoms with Gasteiger partial charge in [0.15, 0.2) is 11.5 Å². The van der Waals surface area contributed by atoms with E-state index in [1.807, 2.05) is 6.07 Å². The first kappa shape index (κ1) is 20.4. The molecule has 0 atom stereocenters. The smallest absolute Gasteiger partial charge is 0.276 e. The number of aromatic nitrogens is 1. The number of hydrogen-bond acceptors (Lipinski definition) is 5. The molecule has 2 aromatic rings. The second-order valence-electron chi connectivity index (χ2n) is 7.09. The lowest BCUT2D eigenvalue weighted by Crippen LogP contribution is -2.41. The molecule has 152 valence electrons. The maximum atomic E-state index is 5.48. The summed E-state index contributed by atoms with van der Waals surface area (Å²) in [5, 5.41) is 0. The van der Waals surface area contributed by atoms with Crippen molar-refractivity contribution in [3.8, 4) is 11.5 Å². The van der Waals surface area contributed by atoms with Gasteiger partial charge in [0, 0.05) is 25.7 Å². The van der Waals surface area contributed by atoms with Gasteiger partial charge in [-0.2, -0.15) is 0 Å². The van der Waals surface area contributed by atoms with Gasteiger partial charge in [-0.05, 0) is 30.2 Å². The third-order valence-electron chi connectivity index (χ3n) is 5.18. The first-order valence-corrected chi connectivity index (χ1v) is 9.92. The second kappa shape index (κ2) is 10.3. The van der Waals surface area contributed by atoms with Crippen molar-refractivity contribution in [2.75, 3.05) is 58.5 Å². The van der Waals surface area contributed by atoms with Gasteiger partial charge in [0.05, 0.1) is 47.2 Å². The molecule has 1 aromatic heterocycles. The average Bonchev–Trinajstić information content (AvgIpc) is 2.74. The highest BCUT2D eigenvalue weighted by Crippen LogP contribution is 2.28. The van der Waals surface area contributed by atoms with Gasteiger partial charge in [0.2, 0.25) is 0 Å². The predicted molar refractivity (Wildman–Crippen MR) is 110 cm³/mol. The van der Waals surface area contributed by atoms with Crippen LogP contribution in [0.1, 0.15) is 12.0 Å². The zero-order chi connectivity index (χ0) is 19.8. The maximum absolute atomic E-state index is 5.48. The fraction of sp³-hybridized carbons (Fsp3) is 0.500. The molecule has 3 rings (SSSR count). The molecule has 6 nitrogen and oxygen atoms in total. The lowest BCUT2D eigenvalue weighted by Gasteiger charge is -2.27. The molecule has 28 heavy (non-hydrogen) atoms. The highest BCUT2D eigenvalue weighted by atomic mass is 16.5. The lowest BCUT2D eigenvalue weighted by molar-refractivity contribution is -0.659. The van der Waals surface area contributed by atoms with Crippen molar-refractivity contribution in [1.82, 2.24) is 4.90 Å². The fourth-order valence-electron chi connectivity index (χ4n) is 3.63. The summed E-state index contributed by atoms with van der Waals surface area (Å²) in [6.45, 7) is 6.68. The number of nitrogens with zero attached hydrogens (tertiary/aromatic N) is 3. The summed E-state index contributed by atoms with van der Waals surface area (Å²) >= 11 is 0. The Morgan fingerprint density at radius 1 is 1.07 bits per heavy atom. The monoisotopic (exact) mass is 386 g/mol. The molecule has 0 amide bonds. The van der Waals surface area contributed by atoms with Crippen molar-refractivity contribution in [3.05, 3.63) is 48.2 Å². The molecule has 0 aliphatic carbocycles. The normalized spacial score (nSPS) is 14.7. The summed E-state index contributed by atoms with van der Waals surface area (Å²) in [6, 6.07) is 12.5. The van der Waals surface area contributed by atoms with Crippen LogP contribution in [0.25, 0.3) is 0 Å². The molecule has 0 radical (unpaired) electrons. The highest BCUT2D eigenvalue weighted by molar-refractivity contribution is 5.44. The van der Waals surface area contributed by atoms with E-state index in [-0.39, 0.29) is 0 Å². The first-order valence-electron chi connectivity index (χ1n) is 9.92. The summed E-state index contributed by atoms with van der Waals surface area (Å²) < 4.78 is 18.5. The Labute approximate surface area is 168 Å². The number of hydrogen-bond donors (Lipinski definition) is 0. The van der Waals surface area contributed by atoms with Crippen LogP contribution in [0.5, 0.6) is 11.5 Å². The van der Waals surface area contributed by atoms with Gasteiger partial charge >= 0.3 is 0 Å². The molecule has 1 saturated heterocycles. The first-order chi connectivity index (χ1) is 13.7. The number of morpholine rings is 1. The van der Waals surface area contributed by atoms with Crippen LogP contribution < -0.4 is 18.9 Å². The van der Waals surface area contributed by atoms with E-state index in [1.165, 1.54) is 11.4 Å². The van der Waals surface area contributed by atoms with Gasteiger partial charge in [-0.1, -0.05) is 12.1 Å². The lowest BCUT2D eigenvalue weighted by atomic mass is 10.1. The van der Waals surface area contributed by atoms with E-state index in [2.05, 4.69) is 57.9 Å². The Kier molecular flexibility index (Phi) is 7.51. The molecule has 2 heterocycles. The number of ether oxygens (including phenoxy) is 3. The molecule has 0 saturated carbocycles. The molecule has 1 aliphatic heterocycles. The van der Waals surface area contributed by atoms with E-state index in [4.69, 9.17) is 14.2 Å².